The molecule has 2 fully saturated rings. The van der Waals surface area contributed by atoms with Gasteiger partial charge in [0.15, 0.2) is 5.76 Å². The lowest BCUT2D eigenvalue weighted by molar-refractivity contribution is -0.142. The monoisotopic (exact) mass is 373 g/mol. The van der Waals surface area contributed by atoms with Crippen LogP contribution in [0.25, 0.3) is 0 Å². The molecule has 2 aromatic rings. The molecule has 1 aromatic carbocycles. The van der Waals surface area contributed by atoms with Crippen LogP contribution in [0.1, 0.15) is 36.3 Å². The number of hydrogen-bond acceptors (Lipinski definition) is 4. The third-order valence-electron chi connectivity index (χ3n) is 5.71. The summed E-state index contributed by atoms with van der Waals surface area (Å²) >= 11 is 6.17. The molecular weight excluding hydrogens is 350 g/mol. The topological polar surface area (TPSA) is 49.6 Å². The maximum atomic E-state index is 13.3. The van der Waals surface area contributed by atoms with Crippen molar-refractivity contribution in [3.05, 3.63) is 52.4 Å². The predicted molar refractivity (Wildman–Crippen MR) is 100 cm³/mol. The minimum atomic E-state index is -0.366. The Morgan fingerprint density at radius 1 is 1.23 bits per heavy atom. The van der Waals surface area contributed by atoms with E-state index in [0.717, 1.165) is 69.0 Å². The Kier molecular flexibility index (Phi) is 4.76. The fourth-order valence-electron chi connectivity index (χ4n) is 4.07. The average molecular weight is 374 g/mol. The Morgan fingerprint density at radius 2 is 2.00 bits per heavy atom. The number of piperazine rings is 1. The summed E-state index contributed by atoms with van der Waals surface area (Å²) in [5.41, 5.74) is 1.61. The minimum Gasteiger partial charge on any atom is -0.360 e. The molecule has 4 rings (SSSR count). The summed E-state index contributed by atoms with van der Waals surface area (Å²) in [5, 5.41) is 4.64. The Labute approximate surface area is 158 Å². The van der Waals surface area contributed by atoms with E-state index >= 15 is 0 Å². The molecule has 1 aliphatic heterocycles. The lowest BCUT2D eigenvalue weighted by atomic mass is 9.63. The van der Waals surface area contributed by atoms with Gasteiger partial charge in [0.2, 0.25) is 5.91 Å². The first-order chi connectivity index (χ1) is 12.6. The van der Waals surface area contributed by atoms with Crippen molar-refractivity contribution in [2.75, 3.05) is 26.2 Å². The largest absolute Gasteiger partial charge is 0.360 e. The highest BCUT2D eigenvalue weighted by Gasteiger charge is 2.48. The molecule has 138 valence electrons. The van der Waals surface area contributed by atoms with Crippen molar-refractivity contribution in [3.8, 4) is 0 Å². The van der Waals surface area contributed by atoms with Crippen molar-refractivity contribution >= 4 is 17.5 Å². The summed E-state index contributed by atoms with van der Waals surface area (Å²) in [4.78, 5) is 17.7. The smallest absolute Gasteiger partial charge is 0.233 e. The molecule has 1 aliphatic carbocycles. The van der Waals surface area contributed by atoms with Gasteiger partial charge >= 0.3 is 0 Å². The number of aryl methyl sites for hydroxylation is 1. The van der Waals surface area contributed by atoms with Crippen LogP contribution in [0.5, 0.6) is 0 Å². The van der Waals surface area contributed by atoms with Gasteiger partial charge in [-0.15, -0.1) is 0 Å². The van der Waals surface area contributed by atoms with Gasteiger partial charge in [-0.3, -0.25) is 9.69 Å². The fourth-order valence-corrected chi connectivity index (χ4v) is 4.26. The minimum absolute atomic E-state index is 0.265. The molecule has 0 N–H and O–H groups in total. The number of amides is 1. The zero-order valence-electron chi connectivity index (χ0n) is 15.1. The molecule has 0 bridgehead atoms. The molecule has 1 saturated carbocycles. The second kappa shape index (κ2) is 7.05. The molecule has 0 spiro atoms. The zero-order valence-corrected chi connectivity index (χ0v) is 15.8. The first kappa shape index (κ1) is 17.6. The van der Waals surface area contributed by atoms with Gasteiger partial charge in [-0.25, -0.2) is 0 Å². The van der Waals surface area contributed by atoms with Crippen molar-refractivity contribution in [1.82, 2.24) is 15.0 Å². The second-order valence-corrected chi connectivity index (χ2v) is 7.89. The Balaban J connectivity index is 1.41. The molecule has 0 unspecified atom stereocenters. The maximum Gasteiger partial charge on any atom is 0.233 e. The number of nitrogens with zero attached hydrogens (tertiary/aromatic N) is 3. The third-order valence-corrected chi connectivity index (χ3v) is 5.94. The van der Waals surface area contributed by atoms with E-state index in [9.17, 15) is 4.79 Å². The van der Waals surface area contributed by atoms with Crippen LogP contribution in [0.3, 0.4) is 0 Å². The lowest BCUT2D eigenvalue weighted by Crippen LogP contribution is -2.56. The molecular formula is C20H24ClN3O2. The summed E-state index contributed by atoms with van der Waals surface area (Å²) in [6, 6.07) is 9.79. The third kappa shape index (κ3) is 3.26. The van der Waals surface area contributed by atoms with E-state index < -0.39 is 0 Å². The van der Waals surface area contributed by atoms with Crippen LogP contribution in [-0.4, -0.2) is 47.0 Å². The van der Waals surface area contributed by atoms with Gasteiger partial charge in [0.25, 0.3) is 0 Å². The van der Waals surface area contributed by atoms with Crippen LogP contribution >= 0.6 is 11.6 Å². The average Bonchev–Trinajstić information content (AvgIpc) is 2.99. The van der Waals surface area contributed by atoms with E-state index in [1.807, 2.05) is 42.2 Å². The van der Waals surface area contributed by atoms with Gasteiger partial charge in [0.1, 0.15) is 0 Å². The highest BCUT2D eigenvalue weighted by molar-refractivity contribution is 6.30. The number of halogens is 1. The predicted octanol–water partition coefficient (Wildman–Crippen LogP) is 3.40. The summed E-state index contributed by atoms with van der Waals surface area (Å²) in [6.07, 6.45) is 2.94. The highest BCUT2D eigenvalue weighted by atomic mass is 35.5. The first-order valence-electron chi connectivity index (χ1n) is 9.27. The molecule has 1 saturated heterocycles. The first-order valence-corrected chi connectivity index (χ1v) is 9.65. The van der Waals surface area contributed by atoms with E-state index in [1.165, 1.54) is 0 Å². The van der Waals surface area contributed by atoms with Crippen LogP contribution in [0.4, 0.5) is 0 Å². The van der Waals surface area contributed by atoms with Gasteiger partial charge in [0, 0.05) is 37.3 Å². The molecule has 6 heteroatoms. The lowest BCUT2D eigenvalue weighted by Gasteiger charge is -2.46. The van der Waals surface area contributed by atoms with Crippen LogP contribution in [0.2, 0.25) is 5.02 Å². The Morgan fingerprint density at radius 3 is 2.58 bits per heavy atom. The van der Waals surface area contributed by atoms with Crippen LogP contribution in [-0.2, 0) is 16.8 Å². The number of rotatable bonds is 4. The van der Waals surface area contributed by atoms with Gasteiger partial charge in [-0.05, 0) is 37.5 Å². The SMILES string of the molecule is Cc1cc(CN2CCN(C(=O)C3(c4cccc(Cl)c4)CCC3)CC2)on1. The Bertz CT molecular complexity index is 792. The number of benzene rings is 1. The number of carbonyl (C=O) groups excluding carboxylic acids is 1. The second-order valence-electron chi connectivity index (χ2n) is 7.45. The molecule has 2 aliphatic rings. The van der Waals surface area contributed by atoms with Crippen LogP contribution in [0, 0.1) is 6.92 Å². The zero-order chi connectivity index (χ0) is 18.1. The molecule has 1 amide bonds. The van der Waals surface area contributed by atoms with Gasteiger partial charge < -0.3 is 9.42 Å². The molecule has 2 heterocycles. The number of aromatic nitrogens is 1. The number of carbonyl (C=O) groups is 1. The van der Waals surface area contributed by atoms with Crippen molar-refractivity contribution in [2.24, 2.45) is 0 Å². The van der Waals surface area contributed by atoms with Gasteiger partial charge in [0.05, 0.1) is 17.7 Å². The number of hydrogen-bond donors (Lipinski definition) is 0. The maximum absolute atomic E-state index is 13.3. The van der Waals surface area contributed by atoms with Crippen molar-refractivity contribution in [2.45, 2.75) is 38.1 Å². The van der Waals surface area contributed by atoms with Crippen molar-refractivity contribution in [1.29, 1.82) is 0 Å². The summed E-state index contributed by atoms with van der Waals surface area (Å²) in [6.45, 7) is 5.91. The summed E-state index contributed by atoms with van der Waals surface area (Å²) in [7, 11) is 0. The van der Waals surface area contributed by atoms with E-state index in [1.54, 1.807) is 0 Å². The van der Waals surface area contributed by atoms with Crippen LogP contribution in [0.15, 0.2) is 34.9 Å². The van der Waals surface area contributed by atoms with Crippen LogP contribution < -0.4 is 0 Å². The van der Waals surface area contributed by atoms with E-state index in [0.29, 0.717) is 5.02 Å². The molecule has 5 nitrogen and oxygen atoms in total. The van der Waals surface area contributed by atoms with E-state index in [-0.39, 0.29) is 11.3 Å². The molecule has 0 radical (unpaired) electrons. The Hall–Kier alpha value is -1.85. The van der Waals surface area contributed by atoms with Crippen molar-refractivity contribution in [3.63, 3.8) is 0 Å². The quantitative estimate of drug-likeness (QED) is 0.824. The highest BCUT2D eigenvalue weighted by Crippen LogP contribution is 2.45. The molecule has 1 aromatic heterocycles. The van der Waals surface area contributed by atoms with Gasteiger partial charge in [-0.2, -0.15) is 0 Å². The summed E-state index contributed by atoms with van der Waals surface area (Å²) in [5.74, 6) is 1.15. The molecule has 26 heavy (non-hydrogen) atoms. The normalized spacial score (nSPS) is 20.0. The van der Waals surface area contributed by atoms with E-state index in [4.69, 9.17) is 16.1 Å². The summed E-state index contributed by atoms with van der Waals surface area (Å²) < 4.78 is 5.31. The standard InChI is InChI=1S/C20H24ClN3O2/c1-15-12-18(26-22-15)14-23-8-10-24(11-9-23)19(25)20(6-3-7-20)16-4-2-5-17(21)13-16/h2,4-5,12-13H,3,6-11,14H2,1H3. The molecule has 0 atom stereocenters. The van der Waals surface area contributed by atoms with Crippen molar-refractivity contribution < 1.29 is 9.32 Å². The fraction of sp³-hybridized carbons (Fsp3) is 0.500. The van der Waals surface area contributed by atoms with Gasteiger partial charge in [-0.1, -0.05) is 35.3 Å². The van der Waals surface area contributed by atoms with E-state index in [2.05, 4.69) is 10.1 Å².